The summed E-state index contributed by atoms with van der Waals surface area (Å²) in [5.41, 5.74) is 0.0664. The van der Waals surface area contributed by atoms with E-state index in [9.17, 15) is 13.2 Å². The minimum absolute atomic E-state index is 0.404. The fourth-order valence-electron chi connectivity index (χ4n) is 4.42. The molecule has 0 amide bonds. The Labute approximate surface area is 149 Å². The van der Waals surface area contributed by atoms with Crippen LogP contribution in [0.15, 0.2) is 24.3 Å². The lowest BCUT2D eigenvalue weighted by atomic mass is 9.69. The van der Waals surface area contributed by atoms with Crippen LogP contribution in [0.3, 0.4) is 0 Å². The lowest BCUT2D eigenvalue weighted by Gasteiger charge is -2.36. The van der Waals surface area contributed by atoms with Gasteiger partial charge in [-0.2, -0.15) is 13.2 Å². The average molecular weight is 348 g/mol. The molecule has 0 nitrogen and oxygen atoms in total. The predicted octanol–water partition coefficient (Wildman–Crippen LogP) is 6.69. The zero-order chi connectivity index (χ0) is 17.9. The first-order valence-corrected chi connectivity index (χ1v) is 9.60. The van der Waals surface area contributed by atoms with Crippen LogP contribution < -0.4 is 0 Å². The van der Waals surface area contributed by atoms with E-state index < -0.39 is 11.7 Å². The van der Waals surface area contributed by atoms with Crippen molar-refractivity contribution in [1.29, 1.82) is 0 Å². The van der Waals surface area contributed by atoms with E-state index >= 15 is 0 Å². The van der Waals surface area contributed by atoms with Gasteiger partial charge in [0.05, 0.1) is 5.56 Å². The summed E-state index contributed by atoms with van der Waals surface area (Å²) >= 11 is 0. The molecule has 2 aliphatic rings. The number of rotatable bonds is 1. The second kappa shape index (κ2) is 7.85. The molecule has 0 radical (unpaired) electrons. The molecule has 0 aliphatic heterocycles. The monoisotopic (exact) mass is 348 g/mol. The van der Waals surface area contributed by atoms with Crippen molar-refractivity contribution in [2.24, 2.45) is 23.7 Å². The van der Waals surface area contributed by atoms with Gasteiger partial charge in [-0.3, -0.25) is 0 Å². The van der Waals surface area contributed by atoms with E-state index in [1.807, 2.05) is 0 Å². The lowest BCUT2D eigenvalue weighted by Crippen LogP contribution is -2.24. The van der Waals surface area contributed by atoms with Crippen molar-refractivity contribution < 1.29 is 13.2 Å². The predicted molar refractivity (Wildman–Crippen MR) is 94.9 cm³/mol. The molecular weight excluding hydrogens is 321 g/mol. The van der Waals surface area contributed by atoms with Crippen molar-refractivity contribution in [3.63, 3.8) is 0 Å². The fraction of sp³-hybridized carbons (Fsp3) is 0.636. The van der Waals surface area contributed by atoms with Gasteiger partial charge in [-0.15, -0.1) is 0 Å². The number of benzene rings is 1. The largest absolute Gasteiger partial charge is 0.416 e. The van der Waals surface area contributed by atoms with Crippen molar-refractivity contribution in [2.45, 2.75) is 64.5 Å². The minimum Gasteiger partial charge on any atom is -0.166 e. The first-order chi connectivity index (χ1) is 11.9. The molecule has 136 valence electrons. The lowest BCUT2D eigenvalue weighted by molar-refractivity contribution is -0.137. The van der Waals surface area contributed by atoms with Gasteiger partial charge >= 0.3 is 6.18 Å². The highest BCUT2D eigenvalue weighted by molar-refractivity contribution is 5.37. The summed E-state index contributed by atoms with van der Waals surface area (Å²) in [5.74, 6) is 9.47. The Balaban J connectivity index is 1.50. The molecule has 0 aromatic heterocycles. The van der Waals surface area contributed by atoms with Gasteiger partial charge in [0.15, 0.2) is 0 Å². The topological polar surface area (TPSA) is 0 Å². The molecule has 25 heavy (non-hydrogen) atoms. The van der Waals surface area contributed by atoms with E-state index in [1.54, 1.807) is 0 Å². The third-order valence-corrected chi connectivity index (χ3v) is 6.13. The number of hydrogen-bond donors (Lipinski definition) is 0. The van der Waals surface area contributed by atoms with Gasteiger partial charge in [0, 0.05) is 11.5 Å². The molecule has 0 atom stereocenters. The molecule has 0 saturated heterocycles. The van der Waals surface area contributed by atoms with Gasteiger partial charge in [0.1, 0.15) is 0 Å². The van der Waals surface area contributed by atoms with Crippen molar-refractivity contribution in [1.82, 2.24) is 0 Å². The molecule has 3 rings (SSSR count). The van der Waals surface area contributed by atoms with Crippen LogP contribution in [-0.4, -0.2) is 0 Å². The smallest absolute Gasteiger partial charge is 0.166 e. The Morgan fingerprint density at radius 3 is 1.84 bits per heavy atom. The van der Waals surface area contributed by atoms with Gasteiger partial charge in [-0.1, -0.05) is 31.6 Å². The first kappa shape index (κ1) is 18.4. The SMILES string of the molecule is CC1CCC(C2CCC(C#Cc3ccc(C(F)(F)F)cc3)CC2)CC1. The maximum Gasteiger partial charge on any atom is 0.416 e. The van der Waals surface area contributed by atoms with E-state index in [0.717, 1.165) is 42.7 Å². The summed E-state index contributed by atoms with van der Waals surface area (Å²) in [4.78, 5) is 0. The van der Waals surface area contributed by atoms with Crippen LogP contribution >= 0.6 is 0 Å². The molecule has 2 aliphatic carbocycles. The second-order valence-corrected chi connectivity index (χ2v) is 7.98. The van der Waals surface area contributed by atoms with Crippen molar-refractivity contribution in [3.8, 4) is 11.8 Å². The van der Waals surface area contributed by atoms with Crippen LogP contribution in [0.5, 0.6) is 0 Å². The second-order valence-electron chi connectivity index (χ2n) is 7.98. The molecule has 0 N–H and O–H groups in total. The third kappa shape index (κ3) is 5.03. The van der Waals surface area contributed by atoms with E-state index in [-0.39, 0.29) is 0 Å². The van der Waals surface area contributed by atoms with Gasteiger partial charge < -0.3 is 0 Å². The van der Waals surface area contributed by atoms with E-state index in [1.165, 1.54) is 50.7 Å². The highest BCUT2D eigenvalue weighted by Crippen LogP contribution is 2.41. The number of alkyl halides is 3. The molecule has 2 fully saturated rings. The summed E-state index contributed by atoms with van der Waals surface area (Å²) < 4.78 is 37.7. The Bertz CT molecular complexity index is 601. The number of halogens is 3. The Morgan fingerprint density at radius 2 is 1.32 bits per heavy atom. The minimum atomic E-state index is -4.28. The maximum absolute atomic E-state index is 12.6. The van der Waals surface area contributed by atoms with Crippen LogP contribution in [0.1, 0.15) is 69.4 Å². The van der Waals surface area contributed by atoms with Crippen molar-refractivity contribution in [2.75, 3.05) is 0 Å². The zero-order valence-corrected chi connectivity index (χ0v) is 14.9. The van der Waals surface area contributed by atoms with Crippen LogP contribution in [0.25, 0.3) is 0 Å². The van der Waals surface area contributed by atoms with E-state index in [2.05, 4.69) is 18.8 Å². The molecule has 1 aromatic carbocycles. The maximum atomic E-state index is 12.6. The molecule has 0 spiro atoms. The van der Waals surface area contributed by atoms with E-state index in [0.29, 0.717) is 11.5 Å². The van der Waals surface area contributed by atoms with Gasteiger partial charge in [0.25, 0.3) is 0 Å². The summed E-state index contributed by atoms with van der Waals surface area (Å²) in [6, 6.07) is 5.19. The highest BCUT2D eigenvalue weighted by atomic mass is 19.4. The molecular formula is C22H27F3. The molecule has 0 bridgehead atoms. The van der Waals surface area contributed by atoms with Crippen LogP contribution in [0, 0.1) is 35.5 Å². The van der Waals surface area contributed by atoms with Gasteiger partial charge in [-0.05, 0) is 80.5 Å². The molecule has 3 heteroatoms. The van der Waals surface area contributed by atoms with E-state index in [4.69, 9.17) is 0 Å². The summed E-state index contributed by atoms with van der Waals surface area (Å²) in [6.07, 6.45) is 6.12. The molecule has 0 heterocycles. The normalized spacial score (nSPS) is 30.4. The summed E-state index contributed by atoms with van der Waals surface area (Å²) in [7, 11) is 0. The molecule has 1 aromatic rings. The van der Waals surface area contributed by atoms with Crippen LogP contribution in [0.4, 0.5) is 13.2 Å². The van der Waals surface area contributed by atoms with Crippen molar-refractivity contribution >= 4 is 0 Å². The summed E-state index contributed by atoms with van der Waals surface area (Å²) in [5, 5.41) is 0. The summed E-state index contributed by atoms with van der Waals surface area (Å²) in [6.45, 7) is 2.37. The quantitative estimate of drug-likeness (QED) is 0.496. The van der Waals surface area contributed by atoms with Crippen LogP contribution in [0.2, 0.25) is 0 Å². The average Bonchev–Trinajstić information content (AvgIpc) is 2.61. The molecule has 2 saturated carbocycles. The highest BCUT2D eigenvalue weighted by Gasteiger charge is 2.30. The Morgan fingerprint density at radius 1 is 0.800 bits per heavy atom. The molecule has 0 unspecified atom stereocenters. The Hall–Kier alpha value is -1.43. The first-order valence-electron chi connectivity index (χ1n) is 9.60. The zero-order valence-electron chi connectivity index (χ0n) is 14.9. The third-order valence-electron chi connectivity index (χ3n) is 6.13. The van der Waals surface area contributed by atoms with Gasteiger partial charge in [0.2, 0.25) is 0 Å². The van der Waals surface area contributed by atoms with Crippen molar-refractivity contribution in [3.05, 3.63) is 35.4 Å². The number of hydrogen-bond acceptors (Lipinski definition) is 0. The van der Waals surface area contributed by atoms with Crippen LogP contribution in [-0.2, 0) is 6.18 Å². The standard InChI is InChI=1S/C22H27F3/c1-16-2-10-19(11-3-16)20-12-6-17(7-13-20)4-5-18-8-14-21(15-9-18)22(23,24)25/h8-9,14-17,19-20H,2-3,6-7,10-13H2,1H3. The van der Waals surface area contributed by atoms with Gasteiger partial charge in [-0.25, -0.2) is 0 Å². The fourth-order valence-corrected chi connectivity index (χ4v) is 4.42. The Kier molecular flexibility index (Phi) is 5.77.